The second kappa shape index (κ2) is 6.73. The van der Waals surface area contributed by atoms with Gasteiger partial charge in [-0.15, -0.1) is 11.8 Å². The van der Waals surface area contributed by atoms with Gasteiger partial charge in [-0.3, -0.25) is 0 Å². The Labute approximate surface area is 149 Å². The van der Waals surface area contributed by atoms with Crippen molar-refractivity contribution in [3.05, 3.63) is 102 Å². The van der Waals surface area contributed by atoms with Gasteiger partial charge in [0.15, 0.2) is 0 Å². The van der Waals surface area contributed by atoms with E-state index in [1.165, 1.54) is 24.3 Å². The molecule has 0 fully saturated rings. The van der Waals surface area contributed by atoms with Gasteiger partial charge in [0.25, 0.3) is 0 Å². The normalized spacial score (nSPS) is 16.4. The summed E-state index contributed by atoms with van der Waals surface area (Å²) in [6.07, 6.45) is 2.10. The van der Waals surface area contributed by atoms with Gasteiger partial charge in [0.1, 0.15) is 11.6 Å². The molecule has 1 aliphatic heterocycles. The summed E-state index contributed by atoms with van der Waals surface area (Å²) in [4.78, 5) is 1.12. The molecule has 1 N–H and O–H groups in total. The summed E-state index contributed by atoms with van der Waals surface area (Å²) in [6.45, 7) is 0. The van der Waals surface area contributed by atoms with Gasteiger partial charge in [-0.2, -0.15) is 0 Å². The Kier molecular flexibility index (Phi) is 4.28. The first-order chi connectivity index (χ1) is 12.2. The Balaban J connectivity index is 1.80. The third kappa shape index (κ3) is 3.44. The Morgan fingerprint density at radius 1 is 0.760 bits per heavy atom. The maximum absolute atomic E-state index is 13.3. The van der Waals surface area contributed by atoms with Crippen LogP contribution >= 0.6 is 11.8 Å². The number of hydrogen-bond acceptors (Lipinski definition) is 2. The summed E-state index contributed by atoms with van der Waals surface area (Å²) in [5.41, 5.74) is 3.84. The number of hydrogen-bond donors (Lipinski definition) is 1. The number of rotatable bonds is 2. The third-order valence-electron chi connectivity index (χ3n) is 4.08. The molecule has 0 saturated carbocycles. The molecule has 1 atom stereocenters. The minimum absolute atomic E-state index is 0.0248. The summed E-state index contributed by atoms with van der Waals surface area (Å²) in [5.74, 6) is -0.508. The first-order valence-corrected chi connectivity index (χ1v) is 8.83. The van der Waals surface area contributed by atoms with Crippen LogP contribution in [-0.2, 0) is 0 Å². The summed E-state index contributed by atoms with van der Waals surface area (Å²) >= 11 is 1.70. The number of anilines is 1. The van der Waals surface area contributed by atoms with E-state index in [0.717, 1.165) is 27.4 Å². The lowest BCUT2D eigenvalue weighted by atomic mass is 10.1. The highest BCUT2D eigenvalue weighted by atomic mass is 32.2. The average molecular weight is 351 g/mol. The SMILES string of the molecule is Fc1ccc(C2=CC(c3ccc(F)cc3)Sc3ccccc3N2)cc1. The van der Waals surface area contributed by atoms with Crippen molar-refractivity contribution in [3.63, 3.8) is 0 Å². The predicted octanol–water partition coefficient (Wildman–Crippen LogP) is 6.26. The zero-order chi connectivity index (χ0) is 17.2. The van der Waals surface area contributed by atoms with E-state index in [2.05, 4.69) is 17.5 Å². The molecule has 0 bridgehead atoms. The lowest BCUT2D eigenvalue weighted by Gasteiger charge is -2.12. The molecule has 1 nitrogen and oxygen atoms in total. The predicted molar refractivity (Wildman–Crippen MR) is 99.4 cm³/mol. The zero-order valence-corrected chi connectivity index (χ0v) is 14.1. The summed E-state index contributed by atoms with van der Waals surface area (Å²) in [5, 5.41) is 3.47. The van der Waals surface area contributed by atoms with Crippen molar-refractivity contribution < 1.29 is 8.78 Å². The summed E-state index contributed by atoms with van der Waals surface area (Å²) < 4.78 is 26.6. The molecule has 3 aromatic rings. The van der Waals surface area contributed by atoms with Gasteiger partial charge < -0.3 is 5.32 Å². The van der Waals surface area contributed by atoms with E-state index in [1.807, 2.05) is 18.2 Å². The van der Waals surface area contributed by atoms with Gasteiger partial charge >= 0.3 is 0 Å². The van der Waals surface area contributed by atoms with Crippen LogP contribution in [0.2, 0.25) is 0 Å². The van der Waals surface area contributed by atoms with Gasteiger partial charge in [-0.05, 0) is 53.6 Å². The largest absolute Gasteiger partial charge is 0.354 e. The van der Waals surface area contributed by atoms with E-state index >= 15 is 0 Å². The molecule has 0 aliphatic carbocycles. The van der Waals surface area contributed by atoms with Crippen LogP contribution in [0.3, 0.4) is 0 Å². The molecule has 1 aliphatic rings. The van der Waals surface area contributed by atoms with Crippen LogP contribution in [-0.4, -0.2) is 0 Å². The summed E-state index contributed by atoms with van der Waals surface area (Å²) in [7, 11) is 0. The van der Waals surface area contributed by atoms with Crippen molar-refractivity contribution >= 4 is 23.1 Å². The van der Waals surface area contributed by atoms with Gasteiger partial charge in [0.05, 0.1) is 10.9 Å². The van der Waals surface area contributed by atoms with E-state index in [-0.39, 0.29) is 16.9 Å². The molecule has 25 heavy (non-hydrogen) atoms. The average Bonchev–Trinajstić information content (AvgIpc) is 2.82. The molecule has 0 saturated heterocycles. The van der Waals surface area contributed by atoms with Crippen molar-refractivity contribution in [2.75, 3.05) is 5.32 Å². The zero-order valence-electron chi connectivity index (χ0n) is 13.2. The van der Waals surface area contributed by atoms with E-state index < -0.39 is 0 Å². The van der Waals surface area contributed by atoms with Crippen molar-refractivity contribution in [1.82, 2.24) is 0 Å². The number of nitrogens with one attached hydrogen (secondary N) is 1. The maximum Gasteiger partial charge on any atom is 0.123 e. The van der Waals surface area contributed by atoms with Crippen molar-refractivity contribution in [2.45, 2.75) is 10.1 Å². The molecule has 4 heteroatoms. The van der Waals surface area contributed by atoms with Crippen LogP contribution in [0.15, 0.2) is 83.8 Å². The molecule has 4 rings (SSSR count). The Morgan fingerprint density at radius 2 is 1.40 bits per heavy atom. The van der Waals surface area contributed by atoms with Crippen molar-refractivity contribution in [1.29, 1.82) is 0 Å². The number of para-hydroxylation sites is 1. The molecule has 0 radical (unpaired) electrons. The molecular formula is C21H15F2NS. The van der Waals surface area contributed by atoms with Crippen LogP contribution in [0.5, 0.6) is 0 Å². The van der Waals surface area contributed by atoms with Crippen LogP contribution in [0.4, 0.5) is 14.5 Å². The topological polar surface area (TPSA) is 12.0 Å². The molecule has 1 heterocycles. The molecule has 3 aromatic carbocycles. The molecule has 1 unspecified atom stereocenters. The van der Waals surface area contributed by atoms with Gasteiger partial charge in [0, 0.05) is 10.6 Å². The van der Waals surface area contributed by atoms with Crippen LogP contribution < -0.4 is 5.32 Å². The van der Waals surface area contributed by atoms with Gasteiger partial charge in [-0.25, -0.2) is 8.78 Å². The second-order valence-electron chi connectivity index (χ2n) is 5.80. The number of fused-ring (bicyclic) bond motifs is 1. The number of thioether (sulfide) groups is 1. The fraction of sp³-hybridized carbons (Fsp3) is 0.0476. The first-order valence-electron chi connectivity index (χ1n) is 7.95. The fourth-order valence-electron chi connectivity index (χ4n) is 2.80. The van der Waals surface area contributed by atoms with E-state index in [9.17, 15) is 8.78 Å². The van der Waals surface area contributed by atoms with Gasteiger partial charge in [0.2, 0.25) is 0 Å². The monoisotopic (exact) mass is 351 g/mol. The minimum Gasteiger partial charge on any atom is -0.354 e. The molecule has 0 aromatic heterocycles. The van der Waals surface area contributed by atoms with E-state index in [4.69, 9.17) is 0 Å². The standard InChI is InChI=1S/C21H15F2NS/c22-16-9-5-14(6-10-16)19-13-21(15-7-11-17(23)12-8-15)25-20-4-2-1-3-18(20)24-19/h1-13,21,24H. The molecular weight excluding hydrogens is 336 g/mol. The smallest absolute Gasteiger partial charge is 0.123 e. The summed E-state index contributed by atoms with van der Waals surface area (Å²) in [6, 6.07) is 21.0. The second-order valence-corrected chi connectivity index (χ2v) is 6.98. The first kappa shape index (κ1) is 15.9. The highest BCUT2D eigenvalue weighted by Gasteiger charge is 2.19. The van der Waals surface area contributed by atoms with Crippen LogP contribution in [0.1, 0.15) is 16.4 Å². The fourth-order valence-corrected chi connectivity index (χ4v) is 3.97. The van der Waals surface area contributed by atoms with E-state index in [1.54, 1.807) is 36.0 Å². The Morgan fingerprint density at radius 3 is 2.12 bits per heavy atom. The van der Waals surface area contributed by atoms with Crippen LogP contribution in [0.25, 0.3) is 5.70 Å². The lowest BCUT2D eigenvalue weighted by Crippen LogP contribution is -1.99. The Hall–Kier alpha value is -2.59. The van der Waals surface area contributed by atoms with Gasteiger partial charge in [-0.1, -0.05) is 36.4 Å². The maximum atomic E-state index is 13.3. The molecule has 124 valence electrons. The third-order valence-corrected chi connectivity index (χ3v) is 5.35. The Bertz CT molecular complexity index is 917. The lowest BCUT2D eigenvalue weighted by molar-refractivity contribution is 0.627. The van der Waals surface area contributed by atoms with Crippen molar-refractivity contribution in [3.8, 4) is 0 Å². The molecule has 0 amide bonds. The molecule has 0 spiro atoms. The van der Waals surface area contributed by atoms with Crippen molar-refractivity contribution in [2.24, 2.45) is 0 Å². The minimum atomic E-state index is -0.261. The van der Waals surface area contributed by atoms with Crippen LogP contribution in [0, 0.1) is 11.6 Å². The highest BCUT2D eigenvalue weighted by molar-refractivity contribution is 7.99. The number of benzene rings is 3. The number of halogens is 2. The van der Waals surface area contributed by atoms with E-state index in [0.29, 0.717) is 0 Å². The quantitative estimate of drug-likeness (QED) is 0.584. The highest BCUT2D eigenvalue weighted by Crippen LogP contribution is 2.44.